The van der Waals surface area contributed by atoms with Crippen molar-refractivity contribution in [2.75, 3.05) is 19.7 Å². The van der Waals surface area contributed by atoms with Crippen LogP contribution in [-0.4, -0.2) is 24.7 Å². The fourth-order valence-corrected chi connectivity index (χ4v) is 2.50. The molecule has 1 aliphatic heterocycles. The van der Waals surface area contributed by atoms with Crippen molar-refractivity contribution in [3.8, 4) is 0 Å². The van der Waals surface area contributed by atoms with E-state index in [1.54, 1.807) is 0 Å². The van der Waals surface area contributed by atoms with Crippen LogP contribution in [0.15, 0.2) is 24.4 Å². The number of halogens is 1. The molecule has 1 fully saturated rings. The number of nitrogens with zero attached hydrogens (tertiary/aromatic N) is 1. The molecule has 2 heterocycles. The third-order valence-corrected chi connectivity index (χ3v) is 3.63. The monoisotopic (exact) mass is 284 g/mol. The summed E-state index contributed by atoms with van der Waals surface area (Å²) in [6.45, 7) is 5.30. The maximum Gasteiger partial charge on any atom is 0.0966 e. The quantitative estimate of drug-likeness (QED) is 0.814. The maximum absolute atomic E-state index is 5.84. The Morgan fingerprint density at radius 2 is 2.37 bits per heavy atom. The van der Waals surface area contributed by atoms with Crippen LogP contribution in [0.3, 0.4) is 0 Å². The van der Waals surface area contributed by atoms with Gasteiger partial charge in [0.2, 0.25) is 0 Å². The summed E-state index contributed by atoms with van der Waals surface area (Å²) in [4.78, 5) is 4.31. The Morgan fingerprint density at radius 3 is 3.05 bits per heavy atom. The van der Waals surface area contributed by atoms with Gasteiger partial charge in [-0.2, -0.15) is 0 Å². The van der Waals surface area contributed by atoms with E-state index >= 15 is 0 Å². The molecule has 3 nitrogen and oxygen atoms in total. The zero-order valence-electron chi connectivity index (χ0n) is 11.7. The molecule has 0 aromatic carbocycles. The molecule has 0 amide bonds. The summed E-state index contributed by atoms with van der Waals surface area (Å²) in [7, 11) is 0. The van der Waals surface area contributed by atoms with Crippen molar-refractivity contribution in [1.29, 1.82) is 0 Å². The van der Waals surface area contributed by atoms with E-state index in [0.717, 1.165) is 24.6 Å². The smallest absolute Gasteiger partial charge is 0.0966 e. The summed E-state index contributed by atoms with van der Waals surface area (Å²) in [5, 5.41) is 3.46. The van der Waals surface area contributed by atoms with E-state index in [1.807, 2.05) is 24.4 Å². The van der Waals surface area contributed by atoms with E-state index < -0.39 is 0 Å². The van der Waals surface area contributed by atoms with Crippen molar-refractivity contribution in [2.45, 2.75) is 38.7 Å². The molecule has 0 aliphatic carbocycles. The van der Waals surface area contributed by atoms with Crippen LogP contribution in [0.1, 0.15) is 44.4 Å². The maximum atomic E-state index is 5.84. The Hall–Kier alpha value is -0.640. The molecule has 1 aliphatic rings. The van der Waals surface area contributed by atoms with Crippen LogP contribution >= 0.6 is 12.4 Å². The standard InChI is InChI=1S/C15H24N2O.ClH/c1-13(15-8-2-3-10-17-15)18-11-5-7-14-6-4-9-16-12-14;/h2-3,8,10,13-14,16H,4-7,9,11-12H2,1H3;1H. The van der Waals surface area contributed by atoms with Crippen molar-refractivity contribution < 1.29 is 4.74 Å². The van der Waals surface area contributed by atoms with E-state index in [2.05, 4.69) is 17.2 Å². The molecule has 2 unspecified atom stereocenters. The number of rotatable bonds is 6. The zero-order chi connectivity index (χ0) is 12.6. The number of pyridine rings is 1. The average molecular weight is 285 g/mol. The molecule has 2 atom stereocenters. The first kappa shape index (κ1) is 16.4. The Labute approximate surface area is 122 Å². The molecule has 1 aromatic heterocycles. The van der Waals surface area contributed by atoms with Gasteiger partial charge >= 0.3 is 0 Å². The molecule has 0 bridgehead atoms. The number of piperidine rings is 1. The van der Waals surface area contributed by atoms with Crippen LogP contribution in [0.25, 0.3) is 0 Å². The van der Waals surface area contributed by atoms with Crippen LogP contribution in [0.5, 0.6) is 0 Å². The molecule has 0 spiro atoms. The van der Waals surface area contributed by atoms with Crippen LogP contribution in [0.2, 0.25) is 0 Å². The lowest BCUT2D eigenvalue weighted by molar-refractivity contribution is 0.0575. The van der Waals surface area contributed by atoms with Gasteiger partial charge in [0.15, 0.2) is 0 Å². The topological polar surface area (TPSA) is 34.1 Å². The third kappa shape index (κ3) is 5.89. The zero-order valence-corrected chi connectivity index (χ0v) is 12.5. The molecule has 1 saturated heterocycles. The first-order valence-electron chi connectivity index (χ1n) is 7.09. The fraction of sp³-hybridized carbons (Fsp3) is 0.667. The van der Waals surface area contributed by atoms with Gasteiger partial charge in [0.1, 0.15) is 0 Å². The summed E-state index contributed by atoms with van der Waals surface area (Å²) in [5.41, 5.74) is 1.02. The number of ether oxygens (including phenoxy) is 1. The summed E-state index contributed by atoms with van der Waals surface area (Å²) in [6, 6.07) is 5.97. The van der Waals surface area contributed by atoms with Gasteiger partial charge in [-0.1, -0.05) is 6.07 Å². The highest BCUT2D eigenvalue weighted by Crippen LogP contribution is 2.18. The van der Waals surface area contributed by atoms with Crippen LogP contribution in [0, 0.1) is 5.92 Å². The first-order valence-corrected chi connectivity index (χ1v) is 7.09. The second-order valence-electron chi connectivity index (χ2n) is 5.12. The van der Waals surface area contributed by atoms with Gasteiger partial charge in [0.25, 0.3) is 0 Å². The Kier molecular flexibility index (Phi) is 8.03. The van der Waals surface area contributed by atoms with Crippen molar-refractivity contribution >= 4 is 12.4 Å². The number of hydrogen-bond donors (Lipinski definition) is 1. The number of aromatic nitrogens is 1. The highest BCUT2D eigenvalue weighted by molar-refractivity contribution is 5.85. The third-order valence-electron chi connectivity index (χ3n) is 3.63. The minimum atomic E-state index is 0. The van der Waals surface area contributed by atoms with Gasteiger partial charge in [-0.05, 0) is 63.7 Å². The van der Waals surface area contributed by atoms with E-state index in [1.165, 1.54) is 32.4 Å². The molecule has 19 heavy (non-hydrogen) atoms. The van der Waals surface area contributed by atoms with Gasteiger partial charge < -0.3 is 10.1 Å². The fourth-order valence-electron chi connectivity index (χ4n) is 2.50. The van der Waals surface area contributed by atoms with Gasteiger partial charge in [0, 0.05) is 12.8 Å². The van der Waals surface area contributed by atoms with Crippen molar-refractivity contribution in [1.82, 2.24) is 10.3 Å². The summed E-state index contributed by atoms with van der Waals surface area (Å²) < 4.78 is 5.84. The van der Waals surface area contributed by atoms with E-state index in [0.29, 0.717) is 0 Å². The largest absolute Gasteiger partial charge is 0.372 e. The Morgan fingerprint density at radius 1 is 1.47 bits per heavy atom. The van der Waals surface area contributed by atoms with Gasteiger partial charge in [0.05, 0.1) is 11.8 Å². The first-order chi connectivity index (χ1) is 8.86. The Bertz CT molecular complexity index is 328. The van der Waals surface area contributed by atoms with Crippen molar-refractivity contribution in [2.24, 2.45) is 5.92 Å². The minimum absolute atomic E-state index is 0. The van der Waals surface area contributed by atoms with E-state index in [4.69, 9.17) is 4.74 Å². The average Bonchev–Trinajstić information content (AvgIpc) is 2.45. The summed E-state index contributed by atoms with van der Waals surface area (Å²) >= 11 is 0. The normalized spacial score (nSPS) is 20.6. The molecule has 0 saturated carbocycles. The van der Waals surface area contributed by atoms with Gasteiger partial charge in [-0.25, -0.2) is 0 Å². The molecular weight excluding hydrogens is 260 g/mol. The highest BCUT2D eigenvalue weighted by atomic mass is 35.5. The predicted octanol–water partition coefficient (Wildman–Crippen LogP) is 3.36. The lowest BCUT2D eigenvalue weighted by atomic mass is 9.95. The molecule has 1 aromatic rings. The van der Waals surface area contributed by atoms with Gasteiger partial charge in [-0.15, -0.1) is 12.4 Å². The molecule has 108 valence electrons. The molecular formula is C15H25ClN2O. The predicted molar refractivity (Wildman–Crippen MR) is 80.7 cm³/mol. The molecule has 1 N–H and O–H groups in total. The molecule has 2 rings (SSSR count). The van der Waals surface area contributed by atoms with Gasteiger partial charge in [-0.3, -0.25) is 4.98 Å². The van der Waals surface area contributed by atoms with Crippen molar-refractivity contribution in [3.05, 3.63) is 30.1 Å². The second kappa shape index (κ2) is 9.29. The lowest BCUT2D eigenvalue weighted by Crippen LogP contribution is -2.29. The Balaban J connectivity index is 0.00000180. The highest BCUT2D eigenvalue weighted by Gasteiger charge is 2.12. The summed E-state index contributed by atoms with van der Waals surface area (Å²) in [5.74, 6) is 0.854. The van der Waals surface area contributed by atoms with E-state index in [-0.39, 0.29) is 18.5 Å². The number of hydrogen-bond acceptors (Lipinski definition) is 3. The van der Waals surface area contributed by atoms with E-state index in [9.17, 15) is 0 Å². The van der Waals surface area contributed by atoms with Crippen LogP contribution in [0.4, 0.5) is 0 Å². The van der Waals surface area contributed by atoms with Crippen molar-refractivity contribution in [3.63, 3.8) is 0 Å². The van der Waals surface area contributed by atoms with Crippen LogP contribution in [-0.2, 0) is 4.74 Å². The summed E-state index contributed by atoms with van der Waals surface area (Å²) in [6.07, 6.45) is 7.07. The lowest BCUT2D eigenvalue weighted by Gasteiger charge is -2.22. The van der Waals surface area contributed by atoms with Crippen LogP contribution < -0.4 is 5.32 Å². The minimum Gasteiger partial charge on any atom is -0.372 e. The molecule has 4 heteroatoms. The number of nitrogens with one attached hydrogen (secondary N) is 1. The SMILES string of the molecule is CC(OCCCC1CCCNC1)c1ccccn1.Cl. The molecule has 0 radical (unpaired) electrons. The second-order valence-corrected chi connectivity index (χ2v) is 5.12.